The van der Waals surface area contributed by atoms with Crippen molar-refractivity contribution in [1.29, 1.82) is 0 Å². The Hall–Kier alpha value is -3.12. The molecule has 0 aliphatic heterocycles. The van der Waals surface area contributed by atoms with E-state index in [9.17, 15) is 4.79 Å². The van der Waals surface area contributed by atoms with E-state index < -0.39 is 0 Å². The predicted molar refractivity (Wildman–Crippen MR) is 113 cm³/mol. The molecule has 0 fully saturated rings. The Morgan fingerprint density at radius 2 is 1.89 bits per heavy atom. The minimum absolute atomic E-state index is 0.281. The van der Waals surface area contributed by atoms with Gasteiger partial charge in [0.2, 0.25) is 0 Å². The quantitative estimate of drug-likeness (QED) is 0.425. The van der Waals surface area contributed by atoms with E-state index in [0.29, 0.717) is 29.2 Å². The van der Waals surface area contributed by atoms with Crippen LogP contribution >= 0.6 is 15.9 Å². The molecular formula is C22H19BrN2O3. The number of methoxy groups -OCH3 is 1. The van der Waals surface area contributed by atoms with Crippen molar-refractivity contribution < 1.29 is 14.3 Å². The molecule has 3 aromatic carbocycles. The molecule has 0 aromatic heterocycles. The molecule has 0 aliphatic rings. The lowest BCUT2D eigenvalue weighted by Crippen LogP contribution is -2.17. The van der Waals surface area contributed by atoms with E-state index in [-0.39, 0.29) is 5.91 Å². The van der Waals surface area contributed by atoms with Crippen LogP contribution in [-0.4, -0.2) is 19.2 Å². The largest absolute Gasteiger partial charge is 0.497 e. The summed E-state index contributed by atoms with van der Waals surface area (Å²) in [5.74, 6) is 1.03. The van der Waals surface area contributed by atoms with Crippen LogP contribution in [0.25, 0.3) is 0 Å². The highest BCUT2D eigenvalue weighted by atomic mass is 79.9. The lowest BCUT2D eigenvalue weighted by molar-refractivity contribution is 0.0955. The van der Waals surface area contributed by atoms with E-state index in [1.165, 1.54) is 0 Å². The Balaban J connectivity index is 1.72. The van der Waals surface area contributed by atoms with Crippen molar-refractivity contribution in [3.63, 3.8) is 0 Å². The van der Waals surface area contributed by atoms with Crippen LogP contribution in [-0.2, 0) is 6.61 Å². The van der Waals surface area contributed by atoms with Gasteiger partial charge in [0.15, 0.2) is 0 Å². The van der Waals surface area contributed by atoms with Crippen molar-refractivity contribution in [3.8, 4) is 11.5 Å². The average molecular weight is 439 g/mol. The highest BCUT2D eigenvalue weighted by Gasteiger charge is 2.06. The van der Waals surface area contributed by atoms with Gasteiger partial charge < -0.3 is 9.47 Å². The molecule has 0 atom stereocenters. The van der Waals surface area contributed by atoms with Gasteiger partial charge in [-0.15, -0.1) is 0 Å². The number of hydrogen-bond acceptors (Lipinski definition) is 4. The molecule has 6 heteroatoms. The van der Waals surface area contributed by atoms with Crippen molar-refractivity contribution in [1.82, 2.24) is 5.43 Å². The molecule has 0 aliphatic carbocycles. The summed E-state index contributed by atoms with van der Waals surface area (Å²) in [5, 5.41) is 4.06. The van der Waals surface area contributed by atoms with Crippen LogP contribution in [0.15, 0.2) is 82.4 Å². The van der Waals surface area contributed by atoms with Gasteiger partial charge in [0.05, 0.1) is 13.3 Å². The summed E-state index contributed by atoms with van der Waals surface area (Å²) in [6.45, 7) is 0.406. The second-order valence-electron chi connectivity index (χ2n) is 5.89. The molecule has 1 amide bonds. The smallest absolute Gasteiger partial charge is 0.271 e. The second-order valence-corrected chi connectivity index (χ2v) is 6.80. The first-order valence-corrected chi connectivity index (χ1v) is 9.39. The molecule has 0 saturated carbocycles. The van der Waals surface area contributed by atoms with E-state index in [2.05, 4.69) is 26.5 Å². The van der Waals surface area contributed by atoms with Gasteiger partial charge in [0.25, 0.3) is 5.91 Å². The van der Waals surface area contributed by atoms with Gasteiger partial charge in [0, 0.05) is 15.6 Å². The third-order valence-electron chi connectivity index (χ3n) is 3.91. The van der Waals surface area contributed by atoms with Gasteiger partial charge in [-0.2, -0.15) is 5.10 Å². The van der Waals surface area contributed by atoms with Gasteiger partial charge >= 0.3 is 0 Å². The number of nitrogens with zero attached hydrogens (tertiary/aromatic N) is 1. The maximum absolute atomic E-state index is 12.1. The molecule has 142 valence electrons. The molecular weight excluding hydrogens is 420 g/mol. The number of rotatable bonds is 7. The van der Waals surface area contributed by atoms with Gasteiger partial charge in [-0.05, 0) is 48.0 Å². The normalized spacial score (nSPS) is 10.6. The Bertz CT molecular complexity index is 975. The Morgan fingerprint density at radius 3 is 2.64 bits per heavy atom. The van der Waals surface area contributed by atoms with E-state index in [1.807, 2.05) is 42.5 Å². The van der Waals surface area contributed by atoms with Gasteiger partial charge in [-0.3, -0.25) is 4.79 Å². The lowest BCUT2D eigenvalue weighted by atomic mass is 10.2. The highest BCUT2D eigenvalue weighted by molar-refractivity contribution is 9.10. The Morgan fingerprint density at radius 1 is 1.07 bits per heavy atom. The fraction of sp³-hybridized carbons (Fsp3) is 0.0909. The van der Waals surface area contributed by atoms with Crippen molar-refractivity contribution >= 4 is 28.1 Å². The van der Waals surface area contributed by atoms with E-state index in [0.717, 1.165) is 10.0 Å². The minimum Gasteiger partial charge on any atom is -0.497 e. The molecule has 0 spiro atoms. The fourth-order valence-corrected chi connectivity index (χ4v) is 2.93. The highest BCUT2D eigenvalue weighted by Crippen LogP contribution is 2.24. The third-order valence-corrected chi connectivity index (χ3v) is 4.40. The van der Waals surface area contributed by atoms with Crippen LogP contribution in [0, 0.1) is 0 Å². The number of hydrazone groups is 1. The van der Waals surface area contributed by atoms with Crippen molar-refractivity contribution in [2.45, 2.75) is 6.61 Å². The molecule has 1 N–H and O–H groups in total. The summed E-state index contributed by atoms with van der Waals surface area (Å²) in [5.41, 5.74) is 4.79. The minimum atomic E-state index is -0.281. The summed E-state index contributed by atoms with van der Waals surface area (Å²) in [6.07, 6.45) is 1.54. The van der Waals surface area contributed by atoms with Crippen molar-refractivity contribution in [3.05, 3.63) is 94.0 Å². The fourth-order valence-electron chi connectivity index (χ4n) is 2.49. The molecule has 0 heterocycles. The van der Waals surface area contributed by atoms with E-state index in [1.54, 1.807) is 43.7 Å². The first kappa shape index (κ1) is 19.6. The number of carbonyl (C=O) groups is 1. The van der Waals surface area contributed by atoms with Crippen LogP contribution in [0.4, 0.5) is 0 Å². The molecule has 0 radical (unpaired) electrons. The monoisotopic (exact) mass is 438 g/mol. The van der Waals surface area contributed by atoms with Gasteiger partial charge in [0.1, 0.15) is 18.1 Å². The molecule has 0 unspecified atom stereocenters. The van der Waals surface area contributed by atoms with Crippen molar-refractivity contribution in [2.75, 3.05) is 7.11 Å². The summed E-state index contributed by atoms with van der Waals surface area (Å²) in [6, 6.07) is 22.2. The van der Waals surface area contributed by atoms with Crippen LogP contribution < -0.4 is 14.9 Å². The third kappa shape index (κ3) is 5.44. The zero-order chi connectivity index (χ0) is 19.8. The van der Waals surface area contributed by atoms with E-state index in [4.69, 9.17) is 9.47 Å². The molecule has 3 aromatic rings. The van der Waals surface area contributed by atoms with Crippen LogP contribution in [0.1, 0.15) is 21.5 Å². The first-order chi connectivity index (χ1) is 13.7. The Kier molecular flexibility index (Phi) is 6.81. The number of ether oxygens (including phenoxy) is 2. The average Bonchev–Trinajstić information content (AvgIpc) is 2.73. The van der Waals surface area contributed by atoms with Crippen LogP contribution in [0.3, 0.4) is 0 Å². The Labute approximate surface area is 172 Å². The van der Waals surface area contributed by atoms with Crippen molar-refractivity contribution in [2.24, 2.45) is 5.10 Å². The molecule has 0 bridgehead atoms. The lowest BCUT2D eigenvalue weighted by Gasteiger charge is -2.11. The number of amides is 1. The first-order valence-electron chi connectivity index (χ1n) is 8.59. The standard InChI is InChI=1S/C22H19BrN2O3/c1-27-20-10-11-21(28-15-16-6-5-9-19(23)12-16)18(13-20)14-24-25-22(26)17-7-3-2-4-8-17/h2-14H,15H2,1H3,(H,25,26)/b24-14+. The van der Waals surface area contributed by atoms with E-state index >= 15 is 0 Å². The summed E-state index contributed by atoms with van der Waals surface area (Å²) in [4.78, 5) is 12.1. The molecule has 5 nitrogen and oxygen atoms in total. The number of carbonyl (C=O) groups excluding carboxylic acids is 1. The van der Waals surface area contributed by atoms with Gasteiger partial charge in [-0.25, -0.2) is 5.43 Å². The maximum Gasteiger partial charge on any atom is 0.271 e. The summed E-state index contributed by atoms with van der Waals surface area (Å²) >= 11 is 3.46. The maximum atomic E-state index is 12.1. The molecule has 3 rings (SSSR count). The number of nitrogens with one attached hydrogen (secondary N) is 1. The second kappa shape index (κ2) is 9.71. The summed E-state index contributed by atoms with van der Waals surface area (Å²) < 4.78 is 12.2. The topological polar surface area (TPSA) is 59.9 Å². The SMILES string of the molecule is COc1ccc(OCc2cccc(Br)c2)c(/C=N/NC(=O)c2ccccc2)c1. The molecule has 28 heavy (non-hydrogen) atoms. The van der Waals surface area contributed by atoms with Crippen LogP contribution in [0.5, 0.6) is 11.5 Å². The van der Waals surface area contributed by atoms with Gasteiger partial charge in [-0.1, -0.05) is 46.3 Å². The number of halogens is 1. The summed E-state index contributed by atoms with van der Waals surface area (Å²) in [7, 11) is 1.59. The predicted octanol–water partition coefficient (Wildman–Crippen LogP) is 4.80. The number of benzene rings is 3. The zero-order valence-corrected chi connectivity index (χ0v) is 16.8. The molecule has 0 saturated heterocycles. The zero-order valence-electron chi connectivity index (χ0n) is 15.3. The van der Waals surface area contributed by atoms with Crippen LogP contribution in [0.2, 0.25) is 0 Å². The number of hydrogen-bond donors (Lipinski definition) is 1.